The van der Waals surface area contributed by atoms with Crippen LogP contribution in [0.1, 0.15) is 35.4 Å². The third-order valence-electron chi connectivity index (χ3n) is 5.10. The van der Waals surface area contributed by atoms with Crippen LogP contribution >= 0.6 is 0 Å². The molecule has 1 aromatic carbocycles. The van der Waals surface area contributed by atoms with Crippen LogP contribution in [0.3, 0.4) is 0 Å². The third-order valence-corrected chi connectivity index (χ3v) is 5.10. The monoisotopic (exact) mass is 328 g/mol. The normalized spacial score (nSPS) is 17.1. The van der Waals surface area contributed by atoms with Crippen molar-refractivity contribution in [1.29, 1.82) is 0 Å². The predicted molar refractivity (Wildman–Crippen MR) is 92.7 cm³/mol. The quantitative estimate of drug-likeness (QED) is 0.888. The number of aliphatic hydroxyl groups is 1. The number of likely N-dealkylation sites (tertiary alicyclic amines) is 1. The van der Waals surface area contributed by atoms with E-state index < -0.39 is 11.7 Å². The fourth-order valence-corrected chi connectivity index (χ4v) is 3.72. The lowest BCUT2D eigenvalue weighted by Crippen LogP contribution is -2.44. The second-order valence-corrected chi connectivity index (χ2v) is 6.75. The smallest absolute Gasteiger partial charge is 0.407 e. The van der Waals surface area contributed by atoms with E-state index in [9.17, 15) is 9.90 Å². The van der Waals surface area contributed by atoms with Crippen LogP contribution in [0.15, 0.2) is 30.3 Å². The molecule has 0 spiro atoms. The standard InChI is InChI=1S/C19H24N2O3/c1-13-12-16(21-14(2)4-5-15(21)3)6-7-17(13)19(24)8-10-20(11-9-19)18(22)23/h4-7,12,24H,8-11H2,1-3H3,(H,22,23). The van der Waals surface area contributed by atoms with E-state index in [0.717, 1.165) is 16.8 Å². The lowest BCUT2D eigenvalue weighted by Gasteiger charge is -2.38. The summed E-state index contributed by atoms with van der Waals surface area (Å²) in [7, 11) is 0. The second-order valence-electron chi connectivity index (χ2n) is 6.75. The van der Waals surface area contributed by atoms with Crippen molar-refractivity contribution in [2.75, 3.05) is 13.1 Å². The van der Waals surface area contributed by atoms with Crippen molar-refractivity contribution in [3.63, 3.8) is 0 Å². The van der Waals surface area contributed by atoms with Crippen LogP contribution in [0.5, 0.6) is 0 Å². The van der Waals surface area contributed by atoms with Crippen molar-refractivity contribution in [3.8, 4) is 5.69 Å². The van der Waals surface area contributed by atoms with E-state index in [-0.39, 0.29) is 0 Å². The van der Waals surface area contributed by atoms with Gasteiger partial charge in [-0.25, -0.2) is 4.79 Å². The fraction of sp³-hybridized carbons (Fsp3) is 0.421. The number of piperidine rings is 1. The summed E-state index contributed by atoms with van der Waals surface area (Å²) >= 11 is 0. The summed E-state index contributed by atoms with van der Waals surface area (Å²) in [6, 6.07) is 10.3. The molecule has 0 unspecified atom stereocenters. The topological polar surface area (TPSA) is 65.7 Å². The Morgan fingerprint density at radius 2 is 1.62 bits per heavy atom. The summed E-state index contributed by atoms with van der Waals surface area (Å²) < 4.78 is 2.19. The Bertz CT molecular complexity index is 751. The van der Waals surface area contributed by atoms with Gasteiger partial charge in [-0.05, 0) is 69.0 Å². The number of benzene rings is 1. The Balaban J connectivity index is 1.90. The van der Waals surface area contributed by atoms with Crippen molar-refractivity contribution < 1.29 is 15.0 Å². The fourth-order valence-electron chi connectivity index (χ4n) is 3.72. The molecule has 1 saturated heterocycles. The van der Waals surface area contributed by atoms with E-state index >= 15 is 0 Å². The molecule has 1 amide bonds. The molecule has 0 bridgehead atoms. The maximum atomic E-state index is 11.1. The molecular formula is C19H24N2O3. The maximum absolute atomic E-state index is 11.1. The molecule has 0 saturated carbocycles. The highest BCUT2D eigenvalue weighted by Gasteiger charge is 2.36. The third kappa shape index (κ3) is 2.80. The number of carboxylic acid groups (broad SMARTS) is 1. The Morgan fingerprint density at radius 3 is 2.12 bits per heavy atom. The molecule has 2 N–H and O–H groups in total. The lowest BCUT2D eigenvalue weighted by molar-refractivity contribution is -0.0217. The summed E-state index contributed by atoms with van der Waals surface area (Å²) in [5, 5.41) is 20.1. The number of amides is 1. The summed E-state index contributed by atoms with van der Waals surface area (Å²) in [5.74, 6) is 0. The number of carbonyl (C=O) groups is 1. The number of nitrogens with zero attached hydrogens (tertiary/aromatic N) is 2. The summed E-state index contributed by atoms with van der Waals surface area (Å²) in [4.78, 5) is 12.4. The minimum absolute atomic E-state index is 0.364. The van der Waals surface area contributed by atoms with Gasteiger partial charge in [-0.15, -0.1) is 0 Å². The van der Waals surface area contributed by atoms with E-state index in [1.54, 1.807) is 0 Å². The van der Waals surface area contributed by atoms with Crippen molar-refractivity contribution in [2.24, 2.45) is 0 Å². The zero-order valence-corrected chi connectivity index (χ0v) is 14.4. The number of aromatic nitrogens is 1. The van der Waals surface area contributed by atoms with Crippen LogP contribution < -0.4 is 0 Å². The number of aryl methyl sites for hydroxylation is 3. The van der Waals surface area contributed by atoms with Crippen LogP contribution in [0.25, 0.3) is 5.69 Å². The average Bonchev–Trinajstić information content (AvgIpc) is 2.86. The van der Waals surface area contributed by atoms with Crippen LogP contribution in [-0.2, 0) is 5.60 Å². The van der Waals surface area contributed by atoms with E-state index in [2.05, 4.69) is 36.6 Å². The van der Waals surface area contributed by atoms with Gasteiger partial charge >= 0.3 is 6.09 Å². The SMILES string of the molecule is Cc1cc(-n2c(C)ccc2C)ccc1C1(O)CCN(C(=O)O)CC1. The van der Waals surface area contributed by atoms with Crippen LogP contribution in [0.2, 0.25) is 0 Å². The molecule has 0 aliphatic carbocycles. The van der Waals surface area contributed by atoms with Gasteiger partial charge in [0.2, 0.25) is 0 Å². The Labute approximate surface area is 142 Å². The molecule has 0 radical (unpaired) electrons. The summed E-state index contributed by atoms with van der Waals surface area (Å²) in [6.07, 6.45) is -0.0510. The molecule has 1 aliphatic heterocycles. The molecule has 3 rings (SSSR count). The molecular weight excluding hydrogens is 304 g/mol. The molecule has 24 heavy (non-hydrogen) atoms. The minimum atomic E-state index is -0.949. The first kappa shape index (κ1) is 16.6. The first-order chi connectivity index (χ1) is 11.3. The molecule has 5 nitrogen and oxygen atoms in total. The van der Waals surface area contributed by atoms with Crippen LogP contribution in [-0.4, -0.2) is 38.9 Å². The second kappa shape index (κ2) is 5.98. The minimum Gasteiger partial charge on any atom is -0.465 e. The van der Waals surface area contributed by atoms with Crippen molar-refractivity contribution in [1.82, 2.24) is 9.47 Å². The van der Waals surface area contributed by atoms with Gasteiger partial charge in [0, 0.05) is 30.2 Å². The van der Waals surface area contributed by atoms with Gasteiger partial charge in [0.25, 0.3) is 0 Å². The molecule has 128 valence electrons. The highest BCUT2D eigenvalue weighted by molar-refractivity contribution is 5.65. The molecule has 2 heterocycles. The average molecular weight is 328 g/mol. The Hall–Kier alpha value is -2.27. The summed E-state index contributed by atoms with van der Waals surface area (Å²) in [5.41, 5.74) is 4.42. The highest BCUT2D eigenvalue weighted by Crippen LogP contribution is 2.35. The molecule has 5 heteroatoms. The van der Waals surface area contributed by atoms with E-state index in [4.69, 9.17) is 5.11 Å². The molecule has 1 aromatic heterocycles. The van der Waals surface area contributed by atoms with Gasteiger partial charge in [0.1, 0.15) is 0 Å². The Kier molecular flexibility index (Phi) is 4.13. The van der Waals surface area contributed by atoms with Gasteiger partial charge in [-0.2, -0.15) is 0 Å². The molecule has 0 atom stereocenters. The highest BCUT2D eigenvalue weighted by atomic mass is 16.4. The van der Waals surface area contributed by atoms with Crippen LogP contribution in [0.4, 0.5) is 4.79 Å². The van der Waals surface area contributed by atoms with Gasteiger partial charge in [-0.3, -0.25) is 0 Å². The number of hydrogen-bond acceptors (Lipinski definition) is 2. The first-order valence-corrected chi connectivity index (χ1v) is 8.28. The van der Waals surface area contributed by atoms with Gasteiger partial charge in [0.05, 0.1) is 5.60 Å². The largest absolute Gasteiger partial charge is 0.465 e. The zero-order chi connectivity index (χ0) is 17.5. The summed E-state index contributed by atoms with van der Waals surface area (Å²) in [6.45, 7) is 6.89. The van der Waals surface area contributed by atoms with Crippen molar-refractivity contribution >= 4 is 6.09 Å². The molecule has 2 aromatic rings. The number of rotatable bonds is 2. The maximum Gasteiger partial charge on any atom is 0.407 e. The molecule has 1 aliphatic rings. The van der Waals surface area contributed by atoms with Crippen molar-refractivity contribution in [3.05, 3.63) is 52.8 Å². The van der Waals surface area contributed by atoms with E-state index in [0.29, 0.717) is 25.9 Å². The lowest BCUT2D eigenvalue weighted by atomic mass is 9.82. The van der Waals surface area contributed by atoms with Gasteiger partial charge in [0.15, 0.2) is 0 Å². The molecule has 1 fully saturated rings. The van der Waals surface area contributed by atoms with Gasteiger partial charge < -0.3 is 19.7 Å². The first-order valence-electron chi connectivity index (χ1n) is 8.28. The van der Waals surface area contributed by atoms with E-state index in [1.807, 2.05) is 19.1 Å². The predicted octanol–water partition coefficient (Wildman–Crippen LogP) is 3.36. The van der Waals surface area contributed by atoms with Crippen LogP contribution in [0, 0.1) is 20.8 Å². The number of hydrogen-bond donors (Lipinski definition) is 2. The Morgan fingerprint density at radius 1 is 1.04 bits per heavy atom. The van der Waals surface area contributed by atoms with E-state index in [1.165, 1.54) is 16.3 Å². The van der Waals surface area contributed by atoms with Gasteiger partial charge in [-0.1, -0.05) is 6.07 Å². The van der Waals surface area contributed by atoms with Crippen molar-refractivity contribution in [2.45, 2.75) is 39.2 Å². The zero-order valence-electron chi connectivity index (χ0n) is 14.4.